The Balaban J connectivity index is -0.000000105. The molecular weight excluding hydrogens is 318 g/mol. The molecule has 0 bridgehead atoms. The minimum Gasteiger partial charge on any atom is -0.663 e. The molecule has 0 aliphatic heterocycles. The molecule has 134 valence electrons. The normalized spacial score (nSPS) is 10.8. The molecule has 0 aromatic heterocycles. The third-order valence-corrected chi connectivity index (χ3v) is 2.49. The van der Waals surface area contributed by atoms with Crippen molar-refractivity contribution in [2.45, 2.75) is 61.3 Å². The van der Waals surface area contributed by atoms with E-state index >= 15 is 0 Å². The van der Waals surface area contributed by atoms with Crippen molar-refractivity contribution in [1.82, 2.24) is 0 Å². The smallest absolute Gasteiger partial charge is 0.663 e. The molecule has 3 nitrogen and oxygen atoms in total. The summed E-state index contributed by atoms with van der Waals surface area (Å²) in [7, 11) is 0. The fourth-order valence-corrected chi connectivity index (χ4v) is 1.36. The fourth-order valence-electron chi connectivity index (χ4n) is 1.36. The van der Waals surface area contributed by atoms with E-state index < -0.39 is 0 Å². The van der Waals surface area contributed by atoms with Gasteiger partial charge in [0.1, 0.15) is 0 Å². The van der Waals surface area contributed by atoms with Crippen molar-refractivity contribution in [2.24, 2.45) is 0 Å². The average Bonchev–Trinajstić information content (AvgIpc) is 3.05. The Labute approximate surface area is 162 Å². The first-order chi connectivity index (χ1) is 10.7. The van der Waals surface area contributed by atoms with E-state index in [0.717, 1.165) is 52.1 Å². The molecule has 0 atom stereocenters. The third-order valence-electron chi connectivity index (χ3n) is 2.49. The molecule has 1 aliphatic rings. The summed E-state index contributed by atoms with van der Waals surface area (Å²) in [6.45, 7) is 20.2. The Hall–Kier alpha value is 0.0743. The molecule has 1 aliphatic carbocycles. The largest absolute Gasteiger partial charge is 4.00 e. The molecule has 23 heavy (non-hydrogen) atoms. The first-order valence-electron chi connectivity index (χ1n) is 8.83. The maximum Gasteiger partial charge on any atom is 4.00 e. The van der Waals surface area contributed by atoms with Crippen molar-refractivity contribution in [1.29, 1.82) is 0 Å². The standard InChI is InChI=1S/C7H9.3C4H10N.Ti/c1-2-7-5-3-4-6-7;3*1-3-5-4-2;/h3,5H,2,4H2,1H3;3*3-4H2,1-2H3;/q4*-1;+4. The van der Waals surface area contributed by atoms with Crippen LogP contribution >= 0.6 is 0 Å². The second-order valence-corrected chi connectivity index (χ2v) is 4.23. The zero-order valence-corrected chi connectivity index (χ0v) is 18.2. The summed E-state index contributed by atoms with van der Waals surface area (Å²) in [4.78, 5) is 0. The van der Waals surface area contributed by atoms with Gasteiger partial charge in [-0.3, -0.25) is 6.08 Å². The summed E-state index contributed by atoms with van der Waals surface area (Å²) in [5.74, 6) is 0. The Kier molecular flexibility index (Phi) is 45.2. The van der Waals surface area contributed by atoms with Gasteiger partial charge in [0, 0.05) is 0 Å². The number of hydrogen-bond acceptors (Lipinski definition) is 0. The SMILES string of the molecule is CCC1=[C-]CC=C1.CC[N-]CC.CC[N-]CC.CC[N-]CC.[Ti+4]. The Morgan fingerprint density at radius 2 is 1.09 bits per heavy atom. The zero-order valence-electron chi connectivity index (χ0n) is 16.7. The number of allylic oxidation sites excluding steroid dienone is 4. The molecule has 0 aromatic rings. The summed E-state index contributed by atoms with van der Waals surface area (Å²) in [5.41, 5.74) is 1.36. The van der Waals surface area contributed by atoms with E-state index in [1.165, 1.54) is 5.57 Å². The van der Waals surface area contributed by atoms with Gasteiger partial charge in [-0.25, -0.2) is 11.6 Å². The maximum absolute atomic E-state index is 3.97. The maximum atomic E-state index is 3.97. The van der Waals surface area contributed by atoms with Gasteiger partial charge in [-0.1, -0.05) is 54.9 Å². The van der Waals surface area contributed by atoms with Crippen LogP contribution in [0, 0.1) is 6.08 Å². The summed E-state index contributed by atoms with van der Waals surface area (Å²) in [5, 5.41) is 11.9. The number of hydrogen-bond donors (Lipinski definition) is 0. The van der Waals surface area contributed by atoms with Gasteiger partial charge in [0.25, 0.3) is 0 Å². The monoisotopic (exact) mass is 357 g/mol. The summed E-state index contributed by atoms with van der Waals surface area (Å²) in [6.07, 6.45) is 9.65. The van der Waals surface area contributed by atoms with E-state index in [4.69, 9.17) is 0 Å². The van der Waals surface area contributed by atoms with E-state index in [9.17, 15) is 0 Å². The van der Waals surface area contributed by atoms with Gasteiger partial charge in [0.15, 0.2) is 0 Å². The second-order valence-electron chi connectivity index (χ2n) is 4.23. The minimum atomic E-state index is 0. The molecule has 0 radical (unpaired) electrons. The molecule has 0 N–H and O–H groups in total. The summed E-state index contributed by atoms with van der Waals surface area (Å²) in [6, 6.07) is 0. The second kappa shape index (κ2) is 33.6. The van der Waals surface area contributed by atoms with Crippen LogP contribution < -0.4 is 0 Å². The molecule has 0 fully saturated rings. The van der Waals surface area contributed by atoms with Crippen LogP contribution in [0.25, 0.3) is 16.0 Å². The van der Waals surface area contributed by atoms with Gasteiger partial charge in [-0.05, 0) is 0 Å². The molecule has 0 saturated heterocycles. The number of rotatable bonds is 7. The van der Waals surface area contributed by atoms with Crippen LogP contribution in [-0.2, 0) is 21.7 Å². The third kappa shape index (κ3) is 39.1. The van der Waals surface area contributed by atoms with Gasteiger partial charge in [0.05, 0.1) is 0 Å². The van der Waals surface area contributed by atoms with Crippen LogP contribution in [0.2, 0.25) is 0 Å². The van der Waals surface area contributed by atoms with Gasteiger partial charge in [0.2, 0.25) is 0 Å². The molecule has 0 spiro atoms. The molecule has 4 heteroatoms. The van der Waals surface area contributed by atoms with Crippen LogP contribution in [0.3, 0.4) is 0 Å². The van der Waals surface area contributed by atoms with Crippen LogP contribution in [0.4, 0.5) is 0 Å². The Morgan fingerprint density at radius 1 is 0.739 bits per heavy atom. The Morgan fingerprint density at radius 3 is 1.17 bits per heavy atom. The Bertz CT molecular complexity index is 208. The first-order valence-corrected chi connectivity index (χ1v) is 8.83. The fraction of sp³-hybridized carbons (Fsp3) is 0.789. The van der Waals surface area contributed by atoms with Crippen molar-refractivity contribution in [2.75, 3.05) is 39.3 Å². The predicted octanol–water partition coefficient (Wildman–Crippen LogP) is 6.28. The van der Waals surface area contributed by atoms with Gasteiger partial charge >= 0.3 is 21.7 Å². The molecule has 1 rings (SSSR count). The first kappa shape index (κ1) is 30.9. The van der Waals surface area contributed by atoms with E-state index in [1.807, 2.05) is 41.5 Å². The zero-order chi connectivity index (χ0) is 17.5. The van der Waals surface area contributed by atoms with E-state index in [2.05, 4.69) is 41.1 Å². The van der Waals surface area contributed by atoms with Crippen molar-refractivity contribution < 1.29 is 21.7 Å². The van der Waals surface area contributed by atoms with Crippen molar-refractivity contribution in [3.63, 3.8) is 0 Å². The summed E-state index contributed by atoms with van der Waals surface area (Å²) < 4.78 is 0. The molecule has 0 aromatic carbocycles. The van der Waals surface area contributed by atoms with Crippen molar-refractivity contribution in [3.8, 4) is 0 Å². The van der Waals surface area contributed by atoms with Crippen LogP contribution in [0.15, 0.2) is 17.7 Å². The van der Waals surface area contributed by atoms with E-state index in [0.29, 0.717) is 0 Å². The molecular formula is C19H39N3Ti. The topological polar surface area (TPSA) is 42.3 Å². The van der Waals surface area contributed by atoms with E-state index in [-0.39, 0.29) is 21.7 Å². The molecule has 0 saturated carbocycles. The molecule has 0 amide bonds. The minimum absolute atomic E-state index is 0. The van der Waals surface area contributed by atoms with Crippen molar-refractivity contribution >= 4 is 0 Å². The quantitative estimate of drug-likeness (QED) is 0.380. The van der Waals surface area contributed by atoms with E-state index in [1.54, 1.807) is 0 Å². The van der Waals surface area contributed by atoms with Crippen molar-refractivity contribution in [3.05, 3.63) is 39.8 Å². The molecule has 0 heterocycles. The average molecular weight is 357 g/mol. The van der Waals surface area contributed by atoms with Crippen LogP contribution in [0.1, 0.15) is 61.3 Å². The van der Waals surface area contributed by atoms with Crippen LogP contribution in [0.5, 0.6) is 0 Å². The summed E-state index contributed by atoms with van der Waals surface area (Å²) >= 11 is 0. The number of nitrogens with zero attached hydrogens (tertiary/aromatic N) is 3. The molecule has 0 unspecified atom stereocenters. The van der Waals surface area contributed by atoms with Gasteiger partial charge < -0.3 is 16.0 Å². The van der Waals surface area contributed by atoms with Crippen LogP contribution in [-0.4, -0.2) is 39.3 Å². The van der Waals surface area contributed by atoms with Gasteiger partial charge in [-0.2, -0.15) is 45.3 Å². The van der Waals surface area contributed by atoms with Gasteiger partial charge in [-0.15, -0.1) is 6.42 Å². The predicted molar refractivity (Wildman–Crippen MR) is 104 cm³/mol.